The van der Waals surface area contributed by atoms with Crippen LogP contribution in [0.3, 0.4) is 0 Å². The largest absolute Gasteiger partial charge is 0.444 e. The van der Waals surface area contributed by atoms with Gasteiger partial charge in [-0.15, -0.1) is 0 Å². The average molecular weight is 461 g/mol. The molecule has 184 valence electrons. The van der Waals surface area contributed by atoms with Crippen molar-refractivity contribution in [1.82, 2.24) is 10.6 Å². The number of rotatable bonds is 2. The summed E-state index contributed by atoms with van der Waals surface area (Å²) in [7, 11) is 0. The van der Waals surface area contributed by atoms with Crippen molar-refractivity contribution in [2.45, 2.75) is 78.2 Å². The molecule has 3 aliphatic rings. The number of carbonyl (C=O) groups excluding carboxylic acids is 3. The number of carbonyl (C=O) groups is 3. The van der Waals surface area contributed by atoms with E-state index in [1.165, 1.54) is 50.1 Å². The monoisotopic (exact) mass is 460 g/mol. The molecule has 8 heteroatoms. The number of fused-ring (bicyclic) bond motifs is 1. The summed E-state index contributed by atoms with van der Waals surface area (Å²) in [5.41, 5.74) is 3.99. The Morgan fingerprint density at radius 1 is 1.03 bits per heavy atom. The predicted molar refractivity (Wildman–Crippen MR) is 132 cm³/mol. The molecule has 33 heavy (non-hydrogen) atoms. The molecule has 4 rings (SSSR count). The molecule has 3 N–H and O–H groups in total. The van der Waals surface area contributed by atoms with E-state index in [0.717, 1.165) is 6.54 Å². The fourth-order valence-corrected chi connectivity index (χ4v) is 3.90. The molecule has 2 saturated heterocycles. The molecule has 3 heterocycles. The summed E-state index contributed by atoms with van der Waals surface area (Å²) in [5, 5.41) is 8.20. The van der Waals surface area contributed by atoms with Gasteiger partial charge in [0.05, 0.1) is 0 Å². The minimum atomic E-state index is -0.390. The topological polar surface area (TPSA) is 99.8 Å². The number of hydrogen-bond donors (Lipinski definition) is 3. The summed E-state index contributed by atoms with van der Waals surface area (Å²) < 4.78 is 4.93. The summed E-state index contributed by atoms with van der Waals surface area (Å²) >= 11 is 0. The number of amides is 3. The number of nitrogens with one attached hydrogen (secondary N) is 3. The average Bonchev–Trinajstić information content (AvgIpc) is 3.23. The van der Waals surface area contributed by atoms with E-state index in [2.05, 4.69) is 39.0 Å². The Morgan fingerprint density at radius 2 is 1.70 bits per heavy atom. The van der Waals surface area contributed by atoms with Crippen molar-refractivity contribution < 1.29 is 19.1 Å². The number of anilines is 2. The maximum absolute atomic E-state index is 10.7. The molecule has 0 radical (unpaired) electrons. The number of imide groups is 1. The van der Waals surface area contributed by atoms with E-state index < -0.39 is 0 Å². The van der Waals surface area contributed by atoms with Crippen LogP contribution in [0.25, 0.3) is 0 Å². The predicted octanol–water partition coefficient (Wildman–Crippen LogP) is 3.99. The first-order valence-corrected chi connectivity index (χ1v) is 12.1. The fourth-order valence-electron chi connectivity index (χ4n) is 3.90. The number of nitrogens with zero attached hydrogens (tertiary/aromatic N) is 1. The highest BCUT2D eigenvalue weighted by molar-refractivity contribution is 5.97. The third kappa shape index (κ3) is 9.72. The second kappa shape index (κ2) is 13.1. The smallest absolute Gasteiger partial charge is 0.407 e. The zero-order valence-electron chi connectivity index (χ0n) is 20.6. The van der Waals surface area contributed by atoms with Gasteiger partial charge in [0.15, 0.2) is 0 Å². The van der Waals surface area contributed by atoms with Gasteiger partial charge in [-0.3, -0.25) is 14.9 Å². The van der Waals surface area contributed by atoms with Crippen molar-refractivity contribution in [3.05, 3.63) is 23.8 Å². The van der Waals surface area contributed by atoms with Gasteiger partial charge in [-0.05, 0) is 71.9 Å². The Balaban J connectivity index is 0.000000188. The van der Waals surface area contributed by atoms with Crippen molar-refractivity contribution in [1.29, 1.82) is 0 Å². The second-order valence-electron chi connectivity index (χ2n) is 9.38. The van der Waals surface area contributed by atoms with Gasteiger partial charge in [0, 0.05) is 56.0 Å². The lowest BCUT2D eigenvalue weighted by Gasteiger charge is -2.30. The molecule has 0 bridgehead atoms. The molecule has 0 atom stereocenters. The van der Waals surface area contributed by atoms with Crippen LogP contribution in [0.2, 0.25) is 0 Å². The zero-order chi connectivity index (χ0) is 24.3. The Hall–Kier alpha value is -2.77. The first-order valence-electron chi connectivity index (χ1n) is 12.1. The quantitative estimate of drug-likeness (QED) is 0.577. The number of benzene rings is 1. The third-order valence-corrected chi connectivity index (χ3v) is 5.35. The Morgan fingerprint density at radius 3 is 2.24 bits per heavy atom. The Bertz CT molecular complexity index is 784. The summed E-state index contributed by atoms with van der Waals surface area (Å²) in [5.74, 6) is -0.275. The maximum atomic E-state index is 10.7. The lowest BCUT2D eigenvalue weighted by Crippen LogP contribution is -2.33. The number of piperidine rings is 2. The van der Waals surface area contributed by atoms with Crippen molar-refractivity contribution in [3.63, 3.8) is 0 Å². The molecule has 0 saturated carbocycles. The SMILES string of the molecule is CCNC(=O)OC(C)(C)C.O=C1CCCC(=O)N1.c1cc2c(c(N3CCCCC3)c1)CCN2. The van der Waals surface area contributed by atoms with E-state index in [-0.39, 0.29) is 23.5 Å². The molecular formula is C25H40N4O4. The maximum Gasteiger partial charge on any atom is 0.407 e. The van der Waals surface area contributed by atoms with Crippen LogP contribution in [0.5, 0.6) is 0 Å². The zero-order valence-corrected chi connectivity index (χ0v) is 20.6. The van der Waals surface area contributed by atoms with Gasteiger partial charge in [0.25, 0.3) is 0 Å². The standard InChI is InChI=1S/C13H18N2.C7H15NO2.C5H7NO2/c1-2-9-15(10-3-1)13-6-4-5-12-11(13)7-8-14-12;1-5-8-6(9)10-7(2,3)4;7-4-2-1-3-5(8)6-4/h4-6,14H,1-3,7-10H2;5H2,1-4H3,(H,8,9);1-3H2,(H,6,7,8). The van der Waals surface area contributed by atoms with Crippen LogP contribution in [0, 0.1) is 0 Å². The molecule has 2 fully saturated rings. The first kappa shape index (κ1) is 26.5. The summed E-state index contributed by atoms with van der Waals surface area (Å²) in [6.45, 7) is 11.6. The third-order valence-electron chi connectivity index (χ3n) is 5.35. The van der Waals surface area contributed by atoms with Gasteiger partial charge >= 0.3 is 6.09 Å². The minimum absolute atomic E-state index is 0.138. The van der Waals surface area contributed by atoms with Gasteiger partial charge in [0.1, 0.15) is 5.60 Å². The molecule has 0 aromatic heterocycles. The van der Waals surface area contributed by atoms with Crippen LogP contribution in [-0.4, -0.2) is 49.7 Å². The molecule has 3 amide bonds. The molecule has 1 aromatic carbocycles. The summed E-state index contributed by atoms with van der Waals surface area (Å²) in [4.78, 5) is 34.0. The van der Waals surface area contributed by atoms with Gasteiger partial charge in [0.2, 0.25) is 11.8 Å². The summed E-state index contributed by atoms with van der Waals surface area (Å²) in [6.07, 6.45) is 6.69. The number of alkyl carbamates (subject to hydrolysis) is 1. The van der Waals surface area contributed by atoms with E-state index in [0.29, 0.717) is 25.8 Å². The molecule has 3 aliphatic heterocycles. The fraction of sp³-hybridized carbons (Fsp3) is 0.640. The van der Waals surface area contributed by atoms with Gasteiger partial charge in [-0.25, -0.2) is 4.79 Å². The van der Waals surface area contributed by atoms with E-state index in [1.807, 2.05) is 27.7 Å². The molecule has 0 aliphatic carbocycles. The van der Waals surface area contributed by atoms with Gasteiger partial charge in [-0.1, -0.05) is 6.07 Å². The minimum Gasteiger partial charge on any atom is -0.444 e. The van der Waals surface area contributed by atoms with Crippen LogP contribution < -0.4 is 20.9 Å². The highest BCUT2D eigenvalue weighted by atomic mass is 16.6. The van der Waals surface area contributed by atoms with Crippen LogP contribution >= 0.6 is 0 Å². The lowest BCUT2D eigenvalue weighted by atomic mass is 10.1. The number of ether oxygens (including phenoxy) is 1. The van der Waals surface area contributed by atoms with Crippen LogP contribution in [0.15, 0.2) is 18.2 Å². The van der Waals surface area contributed by atoms with Crippen molar-refractivity contribution in [2.24, 2.45) is 0 Å². The van der Waals surface area contributed by atoms with Crippen LogP contribution in [0.4, 0.5) is 16.2 Å². The molecule has 0 spiro atoms. The van der Waals surface area contributed by atoms with E-state index in [1.54, 1.807) is 5.56 Å². The highest BCUT2D eigenvalue weighted by Gasteiger charge is 2.19. The Labute approximate surface area is 197 Å². The first-order chi connectivity index (χ1) is 15.7. The van der Waals surface area contributed by atoms with Gasteiger partial charge < -0.3 is 20.3 Å². The van der Waals surface area contributed by atoms with Crippen molar-refractivity contribution in [2.75, 3.05) is 36.4 Å². The lowest BCUT2D eigenvalue weighted by molar-refractivity contribution is -0.132. The van der Waals surface area contributed by atoms with E-state index >= 15 is 0 Å². The molecule has 0 unspecified atom stereocenters. The number of hydrogen-bond acceptors (Lipinski definition) is 6. The summed E-state index contributed by atoms with van der Waals surface area (Å²) in [6, 6.07) is 6.67. The van der Waals surface area contributed by atoms with Gasteiger partial charge in [-0.2, -0.15) is 0 Å². The molecule has 1 aromatic rings. The van der Waals surface area contributed by atoms with Crippen molar-refractivity contribution in [3.8, 4) is 0 Å². The van der Waals surface area contributed by atoms with Crippen LogP contribution in [0.1, 0.15) is 71.8 Å². The molecule has 8 nitrogen and oxygen atoms in total. The Kier molecular flexibility index (Phi) is 10.5. The second-order valence-corrected chi connectivity index (χ2v) is 9.38. The van der Waals surface area contributed by atoms with Crippen molar-refractivity contribution >= 4 is 29.3 Å². The highest BCUT2D eigenvalue weighted by Crippen LogP contribution is 2.33. The van der Waals surface area contributed by atoms with E-state index in [9.17, 15) is 14.4 Å². The van der Waals surface area contributed by atoms with Crippen LogP contribution in [-0.2, 0) is 20.7 Å². The molecular weight excluding hydrogens is 420 g/mol. The van der Waals surface area contributed by atoms with E-state index in [4.69, 9.17) is 4.74 Å². The normalized spacial score (nSPS) is 17.3.